The van der Waals surface area contributed by atoms with Crippen LogP contribution < -0.4 is 4.74 Å². The van der Waals surface area contributed by atoms with Gasteiger partial charge < -0.3 is 4.74 Å². The molecular weight excluding hydrogens is 278 g/mol. The lowest BCUT2D eigenvalue weighted by Gasteiger charge is -2.32. The van der Waals surface area contributed by atoms with Crippen LogP contribution >= 0.6 is 0 Å². The fourth-order valence-electron chi connectivity index (χ4n) is 4.25. The van der Waals surface area contributed by atoms with Crippen molar-refractivity contribution in [2.75, 3.05) is 14.2 Å². The van der Waals surface area contributed by atoms with E-state index in [1.165, 1.54) is 10.5 Å². The first-order valence-corrected chi connectivity index (χ1v) is 7.75. The molecule has 1 aliphatic heterocycles. The van der Waals surface area contributed by atoms with E-state index in [4.69, 9.17) is 4.74 Å². The van der Waals surface area contributed by atoms with Gasteiger partial charge in [-0.05, 0) is 42.5 Å². The summed E-state index contributed by atoms with van der Waals surface area (Å²) in [5.41, 5.74) is 2.27. The van der Waals surface area contributed by atoms with Crippen molar-refractivity contribution >= 4 is 17.4 Å². The van der Waals surface area contributed by atoms with Crippen LogP contribution in [-0.4, -0.2) is 30.9 Å². The summed E-state index contributed by atoms with van der Waals surface area (Å²) in [6.45, 7) is 0. The summed E-state index contributed by atoms with van der Waals surface area (Å²) in [5.74, 6) is 0.516. The summed E-state index contributed by atoms with van der Waals surface area (Å²) in [6, 6.07) is 8.00. The van der Waals surface area contributed by atoms with Gasteiger partial charge in [0, 0.05) is 12.5 Å². The highest BCUT2D eigenvalue weighted by atomic mass is 16.5. The van der Waals surface area contributed by atoms with Crippen LogP contribution in [-0.2, 0) is 9.59 Å². The van der Waals surface area contributed by atoms with Crippen LogP contribution in [0.2, 0.25) is 0 Å². The van der Waals surface area contributed by atoms with Crippen molar-refractivity contribution in [2.24, 2.45) is 17.3 Å². The average Bonchev–Trinajstić information content (AvgIpc) is 3.29. The van der Waals surface area contributed by atoms with Gasteiger partial charge in [0.2, 0.25) is 11.8 Å². The van der Waals surface area contributed by atoms with E-state index >= 15 is 0 Å². The summed E-state index contributed by atoms with van der Waals surface area (Å²) in [5, 5.41) is 0. The molecule has 2 amide bonds. The lowest BCUT2D eigenvalue weighted by Crippen LogP contribution is -2.32. The molecule has 114 valence electrons. The van der Waals surface area contributed by atoms with Gasteiger partial charge in [-0.2, -0.15) is 0 Å². The highest BCUT2D eigenvalue weighted by molar-refractivity contribution is 6.07. The lowest BCUT2D eigenvalue weighted by atomic mass is 9.68. The van der Waals surface area contributed by atoms with Crippen LogP contribution in [0.15, 0.2) is 30.3 Å². The van der Waals surface area contributed by atoms with Crippen molar-refractivity contribution in [3.63, 3.8) is 0 Å². The predicted molar refractivity (Wildman–Crippen MR) is 82.0 cm³/mol. The molecule has 0 aromatic heterocycles. The number of imide groups is 1. The molecule has 1 saturated heterocycles. The molecule has 3 aliphatic rings. The van der Waals surface area contributed by atoms with E-state index in [0.717, 1.165) is 24.2 Å². The monoisotopic (exact) mass is 297 g/mol. The summed E-state index contributed by atoms with van der Waals surface area (Å²) in [7, 11) is 3.27. The fraction of sp³-hybridized carbons (Fsp3) is 0.444. The summed E-state index contributed by atoms with van der Waals surface area (Å²) < 4.78 is 5.21. The number of benzene rings is 1. The average molecular weight is 297 g/mol. The number of methoxy groups -OCH3 is 1. The zero-order valence-electron chi connectivity index (χ0n) is 12.8. The fourth-order valence-corrected chi connectivity index (χ4v) is 4.25. The van der Waals surface area contributed by atoms with Crippen LogP contribution in [0.1, 0.15) is 24.8 Å². The van der Waals surface area contributed by atoms with E-state index in [2.05, 4.69) is 18.2 Å². The molecule has 2 atom stereocenters. The number of nitrogens with zero attached hydrogens (tertiary/aromatic N) is 1. The molecule has 1 saturated carbocycles. The first kappa shape index (κ1) is 13.6. The maximum absolute atomic E-state index is 12.5. The van der Waals surface area contributed by atoms with Gasteiger partial charge in [-0.15, -0.1) is 0 Å². The standard InChI is InChI=1S/C18H19NO3/c1-19-16(20)13-7-8-14(11-3-5-12(22-2)6-4-11)18(9-10-18)15(13)17(19)21/h3-6,8,13,15H,7,9-10H2,1-2H3. The quantitative estimate of drug-likeness (QED) is 0.788. The second-order valence-electron chi connectivity index (χ2n) is 6.56. The summed E-state index contributed by atoms with van der Waals surface area (Å²) in [6.07, 6.45) is 4.85. The van der Waals surface area contributed by atoms with Gasteiger partial charge in [0.05, 0.1) is 18.9 Å². The number of amides is 2. The normalized spacial score (nSPS) is 28.6. The number of ether oxygens (including phenoxy) is 1. The van der Waals surface area contributed by atoms with Crippen molar-refractivity contribution in [1.29, 1.82) is 0 Å². The number of hydrogen-bond acceptors (Lipinski definition) is 3. The third-order valence-corrected chi connectivity index (χ3v) is 5.54. The number of rotatable bonds is 2. The van der Waals surface area contributed by atoms with Gasteiger partial charge in [-0.1, -0.05) is 18.2 Å². The molecule has 4 heteroatoms. The van der Waals surface area contributed by atoms with E-state index < -0.39 is 0 Å². The molecule has 1 aromatic carbocycles. The molecule has 0 radical (unpaired) electrons. The molecule has 1 aromatic rings. The zero-order valence-corrected chi connectivity index (χ0v) is 12.8. The van der Waals surface area contributed by atoms with Crippen LogP contribution in [0, 0.1) is 17.3 Å². The van der Waals surface area contributed by atoms with E-state index in [1.54, 1.807) is 14.2 Å². The van der Waals surface area contributed by atoms with E-state index in [1.807, 2.05) is 12.1 Å². The number of likely N-dealkylation sites (tertiary alicyclic amines) is 1. The second-order valence-corrected chi connectivity index (χ2v) is 6.56. The van der Waals surface area contributed by atoms with Gasteiger partial charge in [-0.3, -0.25) is 14.5 Å². The van der Waals surface area contributed by atoms with Crippen molar-refractivity contribution in [2.45, 2.75) is 19.3 Å². The molecule has 2 unspecified atom stereocenters. The number of allylic oxidation sites excluding steroid dienone is 2. The van der Waals surface area contributed by atoms with Crippen molar-refractivity contribution in [3.05, 3.63) is 35.9 Å². The molecule has 1 spiro atoms. The van der Waals surface area contributed by atoms with Crippen LogP contribution in [0.4, 0.5) is 0 Å². The minimum atomic E-state index is -0.160. The Balaban J connectivity index is 1.75. The molecule has 22 heavy (non-hydrogen) atoms. The third kappa shape index (κ3) is 1.64. The van der Waals surface area contributed by atoms with Crippen molar-refractivity contribution in [1.82, 2.24) is 4.90 Å². The summed E-state index contributed by atoms with van der Waals surface area (Å²) >= 11 is 0. The Morgan fingerprint density at radius 2 is 1.82 bits per heavy atom. The highest BCUT2D eigenvalue weighted by Crippen LogP contribution is 2.66. The zero-order chi connectivity index (χ0) is 15.5. The SMILES string of the molecule is COc1ccc(C2=CCC3C(=O)N(C)C(=O)C3C23CC3)cc1. The Morgan fingerprint density at radius 3 is 2.41 bits per heavy atom. The third-order valence-electron chi connectivity index (χ3n) is 5.54. The molecule has 2 fully saturated rings. The largest absolute Gasteiger partial charge is 0.497 e. The Kier molecular flexibility index (Phi) is 2.74. The number of hydrogen-bond donors (Lipinski definition) is 0. The van der Waals surface area contributed by atoms with Gasteiger partial charge in [0.25, 0.3) is 0 Å². The minimum Gasteiger partial charge on any atom is -0.497 e. The van der Waals surface area contributed by atoms with Gasteiger partial charge in [0.15, 0.2) is 0 Å². The number of carbonyl (C=O) groups is 2. The smallest absolute Gasteiger partial charge is 0.233 e. The maximum Gasteiger partial charge on any atom is 0.233 e. The number of carbonyl (C=O) groups excluding carboxylic acids is 2. The molecule has 0 N–H and O–H groups in total. The van der Waals surface area contributed by atoms with E-state index in [-0.39, 0.29) is 29.1 Å². The van der Waals surface area contributed by atoms with Gasteiger partial charge in [0.1, 0.15) is 5.75 Å². The van der Waals surface area contributed by atoms with Crippen molar-refractivity contribution < 1.29 is 14.3 Å². The highest BCUT2D eigenvalue weighted by Gasteiger charge is 2.64. The molecule has 1 heterocycles. The topological polar surface area (TPSA) is 46.6 Å². The van der Waals surface area contributed by atoms with Crippen LogP contribution in [0.3, 0.4) is 0 Å². The maximum atomic E-state index is 12.5. The Morgan fingerprint density at radius 1 is 1.14 bits per heavy atom. The summed E-state index contributed by atoms with van der Waals surface area (Å²) in [4.78, 5) is 26.1. The molecule has 0 bridgehead atoms. The van der Waals surface area contributed by atoms with Gasteiger partial charge in [-0.25, -0.2) is 0 Å². The second kappa shape index (κ2) is 4.45. The molecule has 4 rings (SSSR count). The minimum absolute atomic E-state index is 0.00612. The Bertz CT molecular complexity index is 685. The predicted octanol–water partition coefficient (Wildman–Crippen LogP) is 2.49. The van der Waals surface area contributed by atoms with Gasteiger partial charge >= 0.3 is 0 Å². The van der Waals surface area contributed by atoms with Crippen LogP contribution in [0.5, 0.6) is 5.75 Å². The lowest BCUT2D eigenvalue weighted by molar-refractivity contribution is -0.138. The van der Waals surface area contributed by atoms with Crippen LogP contribution in [0.25, 0.3) is 5.57 Å². The molecule has 2 aliphatic carbocycles. The molecular formula is C18H19NO3. The Hall–Kier alpha value is -2.10. The van der Waals surface area contributed by atoms with E-state index in [9.17, 15) is 9.59 Å². The van der Waals surface area contributed by atoms with E-state index in [0.29, 0.717) is 6.42 Å². The first-order chi connectivity index (χ1) is 10.6. The number of fused-ring (bicyclic) bond motifs is 2. The first-order valence-electron chi connectivity index (χ1n) is 7.75. The molecule has 4 nitrogen and oxygen atoms in total. The van der Waals surface area contributed by atoms with Crippen molar-refractivity contribution in [3.8, 4) is 5.75 Å². The Labute approximate surface area is 129 Å².